The van der Waals surface area contributed by atoms with E-state index in [1.54, 1.807) is 0 Å². The maximum atomic E-state index is 5.21. The molecule has 0 aromatic rings. The summed E-state index contributed by atoms with van der Waals surface area (Å²) < 4.78 is 15.6. The molecule has 0 radical (unpaired) electrons. The first-order valence-corrected chi connectivity index (χ1v) is 3.22. The highest BCUT2D eigenvalue weighted by Gasteiger charge is 2.36. The Morgan fingerprint density at radius 3 is 2.22 bits per heavy atom. The van der Waals surface area contributed by atoms with Crippen molar-refractivity contribution in [3.8, 4) is 0 Å². The van der Waals surface area contributed by atoms with Gasteiger partial charge in [0.25, 0.3) is 0 Å². The van der Waals surface area contributed by atoms with Crippen molar-refractivity contribution >= 4 is 6.89 Å². The normalized spacial score (nSPS) is 32.0. The molecular formula is C4H9BNO3-. The molecule has 9 heavy (non-hydrogen) atoms. The van der Waals surface area contributed by atoms with Crippen LogP contribution in [0.4, 0.5) is 0 Å². The van der Waals surface area contributed by atoms with Crippen molar-refractivity contribution < 1.29 is 14.0 Å². The van der Waals surface area contributed by atoms with Gasteiger partial charge in [0.1, 0.15) is 0 Å². The molecule has 0 unspecified atom stereocenters. The molecule has 1 N–H and O–H groups in total. The van der Waals surface area contributed by atoms with Crippen LogP contribution in [0.1, 0.15) is 0 Å². The molecule has 0 amide bonds. The first kappa shape index (κ1) is 5.67. The molecule has 4 nitrogen and oxygen atoms in total. The van der Waals surface area contributed by atoms with E-state index >= 15 is 0 Å². The predicted octanol–water partition coefficient (Wildman–Crippen LogP) is -0.911. The lowest BCUT2D eigenvalue weighted by Gasteiger charge is -2.27. The van der Waals surface area contributed by atoms with Gasteiger partial charge in [0.05, 0.1) is 0 Å². The third-order valence-electron chi connectivity index (χ3n) is 1.59. The summed E-state index contributed by atoms with van der Waals surface area (Å²) in [5.41, 5.74) is 0. The van der Waals surface area contributed by atoms with Crippen molar-refractivity contribution in [3.05, 3.63) is 0 Å². The Kier molecular flexibility index (Phi) is 1.23. The second kappa shape index (κ2) is 1.95. The molecular weight excluding hydrogens is 121 g/mol. The summed E-state index contributed by atoms with van der Waals surface area (Å²) in [4.78, 5) is 0. The summed E-state index contributed by atoms with van der Waals surface area (Å²) in [7, 11) is 0. The molecule has 1 spiro atoms. The van der Waals surface area contributed by atoms with E-state index in [1.165, 1.54) is 0 Å². The third kappa shape index (κ3) is 0.860. The van der Waals surface area contributed by atoms with Crippen LogP contribution in [0.3, 0.4) is 0 Å². The zero-order chi connectivity index (χ0) is 6.16. The standard InChI is InChI=1S/C4H9BNO3/c1-2-7-5(6-1)8-3-4-9-5/h6H,1-4H2/q-1. The fourth-order valence-electron chi connectivity index (χ4n) is 1.18. The minimum atomic E-state index is -1.47. The van der Waals surface area contributed by atoms with Crippen LogP contribution >= 0.6 is 0 Å². The van der Waals surface area contributed by atoms with E-state index < -0.39 is 6.89 Å². The van der Waals surface area contributed by atoms with Gasteiger partial charge in [0.2, 0.25) is 0 Å². The summed E-state index contributed by atoms with van der Waals surface area (Å²) in [6, 6.07) is 0. The topological polar surface area (TPSA) is 39.7 Å². The zero-order valence-corrected chi connectivity index (χ0v) is 5.13. The molecule has 0 aromatic heterocycles. The van der Waals surface area contributed by atoms with Gasteiger partial charge < -0.3 is 19.2 Å². The van der Waals surface area contributed by atoms with E-state index in [0.717, 1.165) is 6.54 Å². The molecule has 52 valence electrons. The van der Waals surface area contributed by atoms with Crippen LogP contribution in [-0.2, 0) is 14.0 Å². The monoisotopic (exact) mass is 130 g/mol. The zero-order valence-electron chi connectivity index (χ0n) is 5.13. The largest absolute Gasteiger partial charge is 0.529 e. The van der Waals surface area contributed by atoms with Crippen molar-refractivity contribution in [2.75, 3.05) is 26.4 Å². The summed E-state index contributed by atoms with van der Waals surface area (Å²) in [6.45, 7) is 1.35. The van der Waals surface area contributed by atoms with Crippen LogP contribution in [0, 0.1) is 0 Å². The predicted molar refractivity (Wildman–Crippen MR) is 31.6 cm³/mol. The quantitative estimate of drug-likeness (QED) is 0.431. The Morgan fingerprint density at radius 2 is 1.67 bits per heavy atom. The average molecular weight is 130 g/mol. The fourth-order valence-corrected chi connectivity index (χ4v) is 1.18. The number of hydrogen-bond acceptors (Lipinski definition) is 4. The molecule has 2 rings (SSSR count). The van der Waals surface area contributed by atoms with E-state index in [9.17, 15) is 0 Å². The van der Waals surface area contributed by atoms with E-state index in [1.807, 2.05) is 0 Å². The van der Waals surface area contributed by atoms with Gasteiger partial charge in [-0.15, -0.1) is 0 Å². The van der Waals surface area contributed by atoms with Gasteiger partial charge in [-0.05, 0) is 6.54 Å². The van der Waals surface area contributed by atoms with Crippen LogP contribution in [0.5, 0.6) is 0 Å². The highest BCUT2D eigenvalue weighted by Crippen LogP contribution is 2.14. The van der Waals surface area contributed by atoms with Gasteiger partial charge in [0, 0.05) is 19.8 Å². The van der Waals surface area contributed by atoms with E-state index in [-0.39, 0.29) is 0 Å². The first-order valence-electron chi connectivity index (χ1n) is 3.22. The Labute approximate surface area is 53.5 Å². The lowest BCUT2D eigenvalue weighted by Crippen LogP contribution is -2.49. The summed E-state index contributed by atoms with van der Waals surface area (Å²) >= 11 is 0. The summed E-state index contributed by atoms with van der Waals surface area (Å²) in [5, 5.41) is 3.03. The smallest absolute Gasteiger partial charge is 0.461 e. The van der Waals surface area contributed by atoms with E-state index in [4.69, 9.17) is 14.0 Å². The highest BCUT2D eigenvalue weighted by molar-refractivity contribution is 6.58. The molecule has 2 aliphatic heterocycles. The Balaban J connectivity index is 2.04. The van der Waals surface area contributed by atoms with Crippen LogP contribution in [0.2, 0.25) is 0 Å². The molecule has 2 aliphatic rings. The molecule has 0 saturated carbocycles. The third-order valence-corrected chi connectivity index (χ3v) is 1.59. The van der Waals surface area contributed by atoms with Crippen molar-refractivity contribution in [1.29, 1.82) is 0 Å². The highest BCUT2D eigenvalue weighted by atomic mass is 16.8. The second-order valence-corrected chi connectivity index (χ2v) is 2.21. The van der Waals surface area contributed by atoms with E-state index in [2.05, 4.69) is 5.23 Å². The minimum Gasteiger partial charge on any atom is -0.529 e. The molecule has 0 bridgehead atoms. The van der Waals surface area contributed by atoms with Gasteiger partial charge in [-0.2, -0.15) is 0 Å². The van der Waals surface area contributed by atoms with Crippen LogP contribution < -0.4 is 5.23 Å². The fraction of sp³-hybridized carbons (Fsp3) is 1.00. The SMILES string of the molecule is C1CO[B-]2(N1)OCCO2. The Morgan fingerprint density at radius 1 is 1.00 bits per heavy atom. The number of nitrogens with one attached hydrogen (secondary N) is 1. The van der Waals surface area contributed by atoms with Crippen molar-refractivity contribution in [1.82, 2.24) is 5.23 Å². The van der Waals surface area contributed by atoms with Crippen molar-refractivity contribution in [2.24, 2.45) is 0 Å². The molecule has 5 heteroatoms. The maximum absolute atomic E-state index is 5.21. The molecule has 2 saturated heterocycles. The van der Waals surface area contributed by atoms with Crippen LogP contribution in [0.15, 0.2) is 0 Å². The average Bonchev–Trinajstić information content (AvgIpc) is 2.45. The lowest BCUT2D eigenvalue weighted by molar-refractivity contribution is 0.172. The number of rotatable bonds is 0. The van der Waals surface area contributed by atoms with Crippen LogP contribution in [-0.4, -0.2) is 33.3 Å². The summed E-state index contributed by atoms with van der Waals surface area (Å²) in [5.74, 6) is 0. The second-order valence-electron chi connectivity index (χ2n) is 2.21. The molecule has 2 heterocycles. The molecule has 2 fully saturated rings. The molecule has 0 aromatic carbocycles. The van der Waals surface area contributed by atoms with Crippen molar-refractivity contribution in [2.45, 2.75) is 0 Å². The van der Waals surface area contributed by atoms with Crippen molar-refractivity contribution in [3.63, 3.8) is 0 Å². The van der Waals surface area contributed by atoms with Gasteiger partial charge >= 0.3 is 6.89 Å². The van der Waals surface area contributed by atoms with Gasteiger partial charge in [0.15, 0.2) is 0 Å². The summed E-state index contributed by atoms with van der Waals surface area (Å²) in [6.07, 6.45) is 0. The van der Waals surface area contributed by atoms with E-state index in [0.29, 0.717) is 19.8 Å². The number of hydrogen-bond donors (Lipinski definition) is 1. The minimum absolute atomic E-state index is 0.646. The van der Waals surface area contributed by atoms with Gasteiger partial charge in [-0.25, -0.2) is 0 Å². The maximum Gasteiger partial charge on any atom is 0.461 e. The molecule has 0 aliphatic carbocycles. The lowest BCUT2D eigenvalue weighted by atomic mass is 10.0. The first-order chi connectivity index (χ1) is 4.41. The molecule has 0 atom stereocenters. The Hall–Kier alpha value is -0.0951. The Bertz CT molecular complexity index is 90.9. The van der Waals surface area contributed by atoms with Gasteiger partial charge in [-0.3, -0.25) is 0 Å². The van der Waals surface area contributed by atoms with Crippen LogP contribution in [0.25, 0.3) is 0 Å². The van der Waals surface area contributed by atoms with Gasteiger partial charge in [-0.1, -0.05) is 0 Å².